The van der Waals surface area contributed by atoms with Crippen LogP contribution in [0.4, 0.5) is 0 Å². The van der Waals surface area contributed by atoms with Crippen molar-refractivity contribution in [3.63, 3.8) is 0 Å². The lowest BCUT2D eigenvalue weighted by molar-refractivity contribution is -0.140. The van der Waals surface area contributed by atoms with Crippen LogP contribution in [0.15, 0.2) is 52.5 Å². The van der Waals surface area contributed by atoms with Crippen LogP contribution >= 0.6 is 15.9 Å². The molecule has 4 rings (SSSR count). The number of carbonyl (C=O) groups is 2. The number of nitrogens with zero attached hydrogens (tertiary/aromatic N) is 2. The number of halogens is 1. The van der Waals surface area contributed by atoms with E-state index in [1.54, 1.807) is 23.1 Å². The zero-order valence-electron chi connectivity index (χ0n) is 20.8. The van der Waals surface area contributed by atoms with E-state index in [0.29, 0.717) is 31.9 Å². The monoisotopic (exact) mass is 556 g/mol. The number of benzene rings is 2. The van der Waals surface area contributed by atoms with Crippen molar-refractivity contribution in [3.8, 4) is 5.75 Å². The second-order valence-corrected chi connectivity index (χ2v) is 10.1. The zero-order chi connectivity index (χ0) is 25.7. The van der Waals surface area contributed by atoms with Crippen LogP contribution < -0.4 is 4.74 Å². The predicted molar refractivity (Wildman–Crippen MR) is 142 cm³/mol. The number of hydrogen-bond acceptors (Lipinski definition) is 6. The van der Waals surface area contributed by atoms with Gasteiger partial charge in [-0.25, -0.2) is 0 Å². The van der Waals surface area contributed by atoms with Crippen LogP contribution in [0, 0.1) is 6.92 Å². The first kappa shape index (κ1) is 26.4. The van der Waals surface area contributed by atoms with Crippen molar-refractivity contribution in [2.75, 3.05) is 46.0 Å². The van der Waals surface area contributed by atoms with E-state index in [4.69, 9.17) is 9.47 Å². The van der Waals surface area contributed by atoms with Gasteiger partial charge < -0.3 is 19.5 Å². The van der Waals surface area contributed by atoms with E-state index >= 15 is 0 Å². The number of morpholine rings is 1. The summed E-state index contributed by atoms with van der Waals surface area (Å²) < 4.78 is 12.1. The molecule has 2 aliphatic heterocycles. The van der Waals surface area contributed by atoms with E-state index in [1.165, 1.54) is 0 Å². The second-order valence-electron chi connectivity index (χ2n) is 9.18. The maximum absolute atomic E-state index is 13.3. The fourth-order valence-electron chi connectivity index (χ4n) is 4.72. The van der Waals surface area contributed by atoms with Crippen molar-refractivity contribution >= 4 is 33.4 Å². The quantitative estimate of drug-likeness (QED) is 0.274. The maximum atomic E-state index is 13.3. The molecule has 0 aliphatic carbocycles. The number of aliphatic hydroxyl groups excluding tert-OH is 1. The van der Waals surface area contributed by atoms with Gasteiger partial charge in [-0.1, -0.05) is 35.0 Å². The van der Waals surface area contributed by atoms with Gasteiger partial charge in [0.15, 0.2) is 0 Å². The highest BCUT2D eigenvalue weighted by Gasteiger charge is 2.45. The smallest absolute Gasteiger partial charge is 0.295 e. The Kier molecular flexibility index (Phi) is 8.82. The molecule has 7 nitrogen and oxygen atoms in total. The molecule has 0 aromatic heterocycles. The molecular formula is C28H33BrN2O5. The number of carbonyl (C=O) groups excluding carboxylic acids is 2. The van der Waals surface area contributed by atoms with Gasteiger partial charge in [-0.3, -0.25) is 14.5 Å². The van der Waals surface area contributed by atoms with E-state index < -0.39 is 17.7 Å². The molecule has 2 heterocycles. The van der Waals surface area contributed by atoms with Gasteiger partial charge in [0, 0.05) is 36.2 Å². The molecule has 2 saturated heterocycles. The molecule has 1 N–H and O–H groups in total. The number of aliphatic hydroxyl groups is 1. The number of rotatable bonds is 9. The average molecular weight is 557 g/mol. The van der Waals surface area contributed by atoms with E-state index in [-0.39, 0.29) is 11.3 Å². The summed E-state index contributed by atoms with van der Waals surface area (Å²) in [5, 5.41) is 11.3. The summed E-state index contributed by atoms with van der Waals surface area (Å²) in [6.45, 7) is 8.94. The molecule has 0 spiro atoms. The third kappa shape index (κ3) is 5.82. The fraction of sp³-hybridized carbons (Fsp3) is 0.429. The first-order valence-corrected chi connectivity index (χ1v) is 13.3. The lowest BCUT2D eigenvalue weighted by atomic mass is 9.94. The SMILES string of the molecule is CCCOc1ccc(/C(O)=C2\C(=O)C(=O)N(CCCN3CCOCC3)C2c2ccc(Br)cc2)cc1C. The topological polar surface area (TPSA) is 79.3 Å². The maximum Gasteiger partial charge on any atom is 0.295 e. The van der Waals surface area contributed by atoms with Gasteiger partial charge in [0.05, 0.1) is 31.4 Å². The van der Waals surface area contributed by atoms with Gasteiger partial charge in [0.2, 0.25) is 0 Å². The number of Topliss-reactive ketones (excluding diaryl/α,β-unsaturated/α-hetero) is 1. The van der Waals surface area contributed by atoms with Crippen LogP contribution in [0.3, 0.4) is 0 Å². The predicted octanol–water partition coefficient (Wildman–Crippen LogP) is 4.69. The molecule has 8 heteroatoms. The molecule has 0 saturated carbocycles. The molecule has 2 fully saturated rings. The van der Waals surface area contributed by atoms with Crippen molar-refractivity contribution < 1.29 is 24.2 Å². The minimum Gasteiger partial charge on any atom is -0.507 e. The molecule has 192 valence electrons. The van der Waals surface area contributed by atoms with Gasteiger partial charge in [-0.2, -0.15) is 0 Å². The first-order chi connectivity index (χ1) is 17.4. The van der Waals surface area contributed by atoms with Crippen LogP contribution in [0.5, 0.6) is 5.75 Å². The Morgan fingerprint density at radius 3 is 2.50 bits per heavy atom. The minimum absolute atomic E-state index is 0.121. The Bertz CT molecular complexity index is 1130. The Morgan fingerprint density at radius 1 is 1.11 bits per heavy atom. The van der Waals surface area contributed by atoms with Crippen molar-refractivity contribution in [1.82, 2.24) is 9.80 Å². The summed E-state index contributed by atoms with van der Waals surface area (Å²) in [4.78, 5) is 30.4. The normalized spacial score (nSPS) is 20.2. The van der Waals surface area contributed by atoms with Crippen LogP contribution in [0.2, 0.25) is 0 Å². The van der Waals surface area contributed by atoms with E-state index in [1.807, 2.05) is 38.1 Å². The molecule has 0 bridgehead atoms. The number of ketones is 1. The average Bonchev–Trinajstić information content (AvgIpc) is 3.13. The lowest BCUT2D eigenvalue weighted by Gasteiger charge is -2.29. The number of likely N-dealkylation sites (tertiary alicyclic amines) is 1. The highest BCUT2D eigenvalue weighted by atomic mass is 79.9. The van der Waals surface area contributed by atoms with Crippen LogP contribution in [-0.4, -0.2) is 72.6 Å². The Morgan fingerprint density at radius 2 is 1.83 bits per heavy atom. The summed E-state index contributed by atoms with van der Waals surface area (Å²) in [5.41, 5.74) is 2.25. The second kappa shape index (κ2) is 12.0. The summed E-state index contributed by atoms with van der Waals surface area (Å²) >= 11 is 3.46. The molecule has 2 aliphatic rings. The van der Waals surface area contributed by atoms with E-state index in [9.17, 15) is 14.7 Å². The fourth-order valence-corrected chi connectivity index (χ4v) is 4.98. The third-order valence-electron chi connectivity index (χ3n) is 6.61. The molecule has 36 heavy (non-hydrogen) atoms. The van der Waals surface area contributed by atoms with Gasteiger partial charge in [-0.05, 0) is 61.2 Å². The molecule has 0 radical (unpaired) electrons. The summed E-state index contributed by atoms with van der Waals surface area (Å²) in [5.74, 6) is -0.662. The van der Waals surface area contributed by atoms with E-state index in [0.717, 1.165) is 53.8 Å². The van der Waals surface area contributed by atoms with Gasteiger partial charge in [-0.15, -0.1) is 0 Å². The molecule has 1 amide bonds. The Hall–Kier alpha value is -2.68. The van der Waals surface area contributed by atoms with Crippen molar-refractivity contribution in [1.29, 1.82) is 0 Å². The number of amides is 1. The first-order valence-electron chi connectivity index (χ1n) is 12.5. The lowest BCUT2D eigenvalue weighted by Crippen LogP contribution is -2.38. The molecule has 2 aromatic rings. The van der Waals surface area contributed by atoms with E-state index in [2.05, 4.69) is 20.8 Å². The van der Waals surface area contributed by atoms with Gasteiger partial charge in [0.1, 0.15) is 11.5 Å². The minimum atomic E-state index is -0.657. The molecular weight excluding hydrogens is 524 g/mol. The Balaban J connectivity index is 1.66. The van der Waals surface area contributed by atoms with Crippen LogP contribution in [0.1, 0.15) is 42.5 Å². The standard InChI is InChI=1S/C28H33BrN2O5/c1-3-15-36-23-10-7-21(18-19(23)2)26(32)24-25(20-5-8-22(29)9-6-20)31(28(34)27(24)33)12-4-11-30-13-16-35-17-14-30/h5-10,18,25,32H,3-4,11-17H2,1-2H3/b26-24+. The van der Waals surface area contributed by atoms with Crippen molar-refractivity contribution in [2.45, 2.75) is 32.7 Å². The molecule has 1 atom stereocenters. The summed E-state index contributed by atoms with van der Waals surface area (Å²) in [6, 6.07) is 12.2. The van der Waals surface area contributed by atoms with Crippen LogP contribution in [0.25, 0.3) is 5.76 Å². The van der Waals surface area contributed by atoms with Crippen molar-refractivity contribution in [2.24, 2.45) is 0 Å². The molecule has 2 aromatic carbocycles. The summed E-state index contributed by atoms with van der Waals surface area (Å²) in [7, 11) is 0. The third-order valence-corrected chi connectivity index (χ3v) is 7.14. The highest BCUT2D eigenvalue weighted by molar-refractivity contribution is 9.10. The van der Waals surface area contributed by atoms with Crippen LogP contribution in [-0.2, 0) is 14.3 Å². The van der Waals surface area contributed by atoms with Crippen molar-refractivity contribution in [3.05, 3.63) is 69.2 Å². The molecule has 1 unspecified atom stereocenters. The number of hydrogen-bond donors (Lipinski definition) is 1. The number of aryl methyl sites for hydroxylation is 1. The summed E-state index contributed by atoms with van der Waals surface area (Å²) in [6.07, 6.45) is 1.62. The van der Waals surface area contributed by atoms with Gasteiger partial charge in [0.25, 0.3) is 11.7 Å². The largest absolute Gasteiger partial charge is 0.507 e. The Labute approximate surface area is 220 Å². The number of ether oxygens (including phenoxy) is 2. The zero-order valence-corrected chi connectivity index (χ0v) is 22.4. The highest BCUT2D eigenvalue weighted by Crippen LogP contribution is 2.40. The van der Waals surface area contributed by atoms with Gasteiger partial charge >= 0.3 is 0 Å².